The number of rotatable bonds is 5. The molecule has 144 valence electrons. The topological polar surface area (TPSA) is 81.5 Å². The van der Waals surface area contributed by atoms with E-state index in [4.69, 9.17) is 4.74 Å². The summed E-state index contributed by atoms with van der Waals surface area (Å²) in [7, 11) is 0. The number of amides is 1. The largest absolute Gasteiger partial charge is 0.451 e. The smallest absolute Gasteiger partial charge is 0.359 e. The van der Waals surface area contributed by atoms with Crippen LogP contribution in [0.25, 0.3) is 10.8 Å². The minimum Gasteiger partial charge on any atom is -0.451 e. The van der Waals surface area contributed by atoms with Crippen LogP contribution in [0.1, 0.15) is 50.0 Å². The molecule has 0 unspecified atom stereocenters. The van der Waals surface area contributed by atoms with Crippen molar-refractivity contribution in [3.63, 3.8) is 0 Å². The Morgan fingerprint density at radius 3 is 2.63 bits per heavy atom. The number of esters is 1. The molecule has 1 aliphatic heterocycles. The molecule has 0 saturated carbocycles. The van der Waals surface area contributed by atoms with Crippen molar-refractivity contribution < 1.29 is 14.3 Å². The summed E-state index contributed by atoms with van der Waals surface area (Å²) in [5, 5.41) is 5.00. The third kappa shape index (κ3) is 3.86. The molecule has 1 aromatic heterocycles. The average Bonchev–Trinajstić information content (AvgIpc) is 2.72. The minimum absolute atomic E-state index is 0.0607. The molecule has 27 heavy (non-hydrogen) atoms. The number of carbonyl (C=O) groups excluding carboxylic acids is 2. The third-order valence-electron chi connectivity index (χ3n) is 5.11. The fourth-order valence-electron chi connectivity index (χ4n) is 3.63. The van der Waals surface area contributed by atoms with E-state index in [-0.39, 0.29) is 29.8 Å². The van der Waals surface area contributed by atoms with E-state index in [1.807, 2.05) is 4.90 Å². The molecule has 0 radical (unpaired) electrons. The Morgan fingerprint density at radius 1 is 1.19 bits per heavy atom. The van der Waals surface area contributed by atoms with Crippen LogP contribution in [-0.4, -0.2) is 45.8 Å². The lowest BCUT2D eigenvalue weighted by Crippen LogP contribution is -2.45. The van der Waals surface area contributed by atoms with E-state index in [9.17, 15) is 14.4 Å². The number of aryl methyl sites for hydroxylation is 1. The zero-order valence-electron chi connectivity index (χ0n) is 15.8. The van der Waals surface area contributed by atoms with Gasteiger partial charge in [0.15, 0.2) is 12.3 Å². The Bertz CT molecular complexity index is 906. The standard InChI is InChI=1S/C20H25N3O4/c1-3-14-9-7-8-12-22(14)17(24)13-27-20(26)18-15-10-5-6-11-16(15)19(25)23(4-2)21-18/h5-6,10-11,14H,3-4,7-9,12-13H2,1-2H3/t14-/m1/s1. The van der Waals surface area contributed by atoms with E-state index >= 15 is 0 Å². The number of likely N-dealkylation sites (tertiary alicyclic amines) is 1. The van der Waals surface area contributed by atoms with Crippen molar-refractivity contribution >= 4 is 22.6 Å². The summed E-state index contributed by atoms with van der Waals surface area (Å²) in [6, 6.07) is 7.02. The highest BCUT2D eigenvalue weighted by Gasteiger charge is 2.26. The minimum atomic E-state index is -0.688. The van der Waals surface area contributed by atoms with Crippen LogP contribution in [0, 0.1) is 0 Å². The zero-order chi connectivity index (χ0) is 19.4. The summed E-state index contributed by atoms with van der Waals surface area (Å²) in [4.78, 5) is 39.3. The lowest BCUT2D eigenvalue weighted by Gasteiger charge is -2.35. The van der Waals surface area contributed by atoms with Crippen LogP contribution in [0.2, 0.25) is 0 Å². The number of carbonyl (C=O) groups is 2. The molecular formula is C20H25N3O4. The van der Waals surface area contributed by atoms with Crippen LogP contribution in [0.4, 0.5) is 0 Å². The lowest BCUT2D eigenvalue weighted by atomic mass is 10.00. The normalized spacial score (nSPS) is 17.1. The van der Waals surface area contributed by atoms with Gasteiger partial charge in [0.2, 0.25) is 0 Å². The highest BCUT2D eigenvalue weighted by molar-refractivity contribution is 6.02. The van der Waals surface area contributed by atoms with Crippen LogP contribution in [-0.2, 0) is 16.1 Å². The highest BCUT2D eigenvalue weighted by atomic mass is 16.5. The van der Waals surface area contributed by atoms with Gasteiger partial charge in [-0.05, 0) is 38.7 Å². The molecule has 1 fully saturated rings. The molecule has 3 rings (SSSR count). The Kier molecular flexibility index (Phi) is 5.88. The lowest BCUT2D eigenvalue weighted by molar-refractivity contribution is -0.138. The van der Waals surface area contributed by atoms with Crippen LogP contribution < -0.4 is 5.56 Å². The molecule has 1 atom stereocenters. The Balaban J connectivity index is 1.79. The SMILES string of the molecule is CC[C@@H]1CCCCN1C(=O)COC(=O)c1nn(CC)c(=O)c2ccccc12. The summed E-state index contributed by atoms with van der Waals surface area (Å²) in [5.74, 6) is -0.866. The molecule has 0 bridgehead atoms. The van der Waals surface area contributed by atoms with Crippen molar-refractivity contribution in [2.45, 2.75) is 52.1 Å². The number of ether oxygens (including phenoxy) is 1. The quantitative estimate of drug-likeness (QED) is 0.754. The summed E-state index contributed by atoms with van der Waals surface area (Å²) < 4.78 is 6.51. The Hall–Kier alpha value is -2.70. The molecule has 1 aromatic carbocycles. The number of nitrogens with zero attached hydrogens (tertiary/aromatic N) is 3. The highest BCUT2D eigenvalue weighted by Crippen LogP contribution is 2.20. The maximum absolute atomic E-state index is 12.6. The molecule has 7 nitrogen and oxygen atoms in total. The monoisotopic (exact) mass is 371 g/mol. The van der Waals surface area contributed by atoms with E-state index in [0.29, 0.717) is 23.9 Å². The van der Waals surface area contributed by atoms with Crippen molar-refractivity contribution in [1.82, 2.24) is 14.7 Å². The van der Waals surface area contributed by atoms with Crippen LogP contribution in [0.3, 0.4) is 0 Å². The van der Waals surface area contributed by atoms with E-state index in [2.05, 4.69) is 12.0 Å². The van der Waals surface area contributed by atoms with E-state index in [1.165, 1.54) is 4.68 Å². The van der Waals surface area contributed by atoms with E-state index < -0.39 is 5.97 Å². The number of piperidine rings is 1. The van der Waals surface area contributed by atoms with Crippen molar-refractivity contribution in [3.05, 3.63) is 40.3 Å². The molecular weight excluding hydrogens is 346 g/mol. The average molecular weight is 371 g/mol. The molecule has 0 spiro atoms. The van der Waals surface area contributed by atoms with E-state index in [0.717, 1.165) is 25.7 Å². The predicted octanol–water partition coefficient (Wildman–Crippen LogP) is 2.36. The molecule has 0 aliphatic carbocycles. The summed E-state index contributed by atoms with van der Waals surface area (Å²) in [5.41, 5.74) is -0.189. The molecule has 1 amide bonds. The van der Waals surface area contributed by atoms with E-state index in [1.54, 1.807) is 31.2 Å². The summed E-state index contributed by atoms with van der Waals surface area (Å²) >= 11 is 0. The Morgan fingerprint density at radius 2 is 1.93 bits per heavy atom. The van der Waals surface area contributed by atoms with Gasteiger partial charge in [-0.2, -0.15) is 5.10 Å². The van der Waals surface area contributed by atoms with Crippen molar-refractivity contribution in [3.8, 4) is 0 Å². The second-order valence-electron chi connectivity index (χ2n) is 6.74. The number of fused-ring (bicyclic) bond motifs is 1. The van der Waals surface area contributed by atoms with Crippen molar-refractivity contribution in [2.75, 3.05) is 13.2 Å². The van der Waals surface area contributed by atoms with Gasteiger partial charge in [0.25, 0.3) is 11.5 Å². The van der Waals surface area contributed by atoms with Gasteiger partial charge in [0, 0.05) is 24.5 Å². The van der Waals surface area contributed by atoms with Gasteiger partial charge < -0.3 is 9.64 Å². The maximum Gasteiger partial charge on any atom is 0.359 e. The maximum atomic E-state index is 12.6. The Labute approximate surface area is 157 Å². The number of hydrogen-bond acceptors (Lipinski definition) is 5. The molecule has 0 N–H and O–H groups in total. The fourth-order valence-corrected chi connectivity index (χ4v) is 3.63. The van der Waals surface area contributed by atoms with Gasteiger partial charge in [-0.15, -0.1) is 0 Å². The van der Waals surface area contributed by atoms with Gasteiger partial charge in [-0.1, -0.05) is 25.1 Å². The third-order valence-corrected chi connectivity index (χ3v) is 5.11. The zero-order valence-corrected chi connectivity index (χ0v) is 15.8. The first-order chi connectivity index (χ1) is 13.1. The predicted molar refractivity (Wildman–Crippen MR) is 102 cm³/mol. The number of hydrogen-bond donors (Lipinski definition) is 0. The van der Waals surface area contributed by atoms with Gasteiger partial charge in [0.1, 0.15) is 0 Å². The molecule has 2 aromatic rings. The van der Waals surface area contributed by atoms with Gasteiger partial charge in [-0.25, -0.2) is 9.48 Å². The second-order valence-corrected chi connectivity index (χ2v) is 6.74. The van der Waals surface area contributed by atoms with Gasteiger partial charge in [-0.3, -0.25) is 9.59 Å². The van der Waals surface area contributed by atoms with Gasteiger partial charge >= 0.3 is 5.97 Å². The van der Waals surface area contributed by atoms with Crippen LogP contribution >= 0.6 is 0 Å². The molecule has 2 heterocycles. The number of aromatic nitrogens is 2. The fraction of sp³-hybridized carbons (Fsp3) is 0.500. The van der Waals surface area contributed by atoms with Crippen LogP contribution in [0.5, 0.6) is 0 Å². The first kappa shape index (κ1) is 19.1. The molecule has 7 heteroatoms. The van der Waals surface area contributed by atoms with Gasteiger partial charge in [0.05, 0.1) is 5.39 Å². The summed E-state index contributed by atoms with van der Waals surface area (Å²) in [6.07, 6.45) is 3.98. The number of benzene rings is 1. The van der Waals surface area contributed by atoms with Crippen molar-refractivity contribution in [2.24, 2.45) is 0 Å². The molecule has 1 saturated heterocycles. The van der Waals surface area contributed by atoms with Crippen LogP contribution in [0.15, 0.2) is 29.1 Å². The second kappa shape index (κ2) is 8.33. The summed E-state index contributed by atoms with van der Waals surface area (Å²) in [6.45, 7) is 4.58. The first-order valence-electron chi connectivity index (χ1n) is 9.53. The molecule has 1 aliphatic rings. The first-order valence-corrected chi connectivity index (χ1v) is 9.53. The van der Waals surface area contributed by atoms with Crippen molar-refractivity contribution in [1.29, 1.82) is 0 Å².